The quantitative estimate of drug-likeness (QED) is 0.944. The number of hydrogen-bond donors (Lipinski definition) is 1. The lowest BCUT2D eigenvalue weighted by Crippen LogP contribution is -2.35. The summed E-state index contributed by atoms with van der Waals surface area (Å²) >= 11 is 5.84. The molecule has 0 saturated heterocycles. The van der Waals surface area contributed by atoms with Crippen molar-refractivity contribution in [1.82, 2.24) is 9.55 Å². The Labute approximate surface area is 123 Å². The van der Waals surface area contributed by atoms with Crippen LogP contribution in [0.25, 0.3) is 0 Å². The van der Waals surface area contributed by atoms with Gasteiger partial charge >= 0.3 is 0 Å². The molecule has 5 heteroatoms. The standard InChI is InChI=1S/C15H18ClN3O/c1-15(2,3)19-9-8-17-13(14(19)20)18-10-11-4-6-12(16)7-5-11/h4-9H,10H2,1-3H3,(H,17,18). The maximum Gasteiger partial charge on any atom is 0.293 e. The Morgan fingerprint density at radius 2 is 1.90 bits per heavy atom. The molecule has 20 heavy (non-hydrogen) atoms. The number of benzene rings is 1. The van der Waals surface area contributed by atoms with Crippen LogP contribution in [-0.2, 0) is 12.1 Å². The molecule has 0 unspecified atom stereocenters. The van der Waals surface area contributed by atoms with Crippen LogP contribution in [0, 0.1) is 0 Å². The number of rotatable bonds is 3. The SMILES string of the molecule is CC(C)(C)n1ccnc(NCc2ccc(Cl)cc2)c1=O. The van der Waals surface area contributed by atoms with Crippen molar-refractivity contribution in [1.29, 1.82) is 0 Å². The van der Waals surface area contributed by atoms with Crippen molar-refractivity contribution >= 4 is 17.4 Å². The van der Waals surface area contributed by atoms with Crippen LogP contribution in [0.2, 0.25) is 5.02 Å². The van der Waals surface area contributed by atoms with Crippen LogP contribution in [0.15, 0.2) is 41.5 Å². The van der Waals surface area contributed by atoms with Crippen LogP contribution in [0.5, 0.6) is 0 Å². The van der Waals surface area contributed by atoms with Crippen molar-refractivity contribution in [3.05, 3.63) is 57.6 Å². The highest BCUT2D eigenvalue weighted by atomic mass is 35.5. The van der Waals surface area contributed by atoms with E-state index in [0.29, 0.717) is 17.4 Å². The average molecular weight is 292 g/mol. The molecule has 0 saturated carbocycles. The van der Waals surface area contributed by atoms with Crippen molar-refractivity contribution < 1.29 is 0 Å². The van der Waals surface area contributed by atoms with Gasteiger partial charge in [-0.1, -0.05) is 23.7 Å². The Morgan fingerprint density at radius 3 is 2.50 bits per heavy atom. The Hall–Kier alpha value is -1.81. The number of nitrogens with zero attached hydrogens (tertiary/aromatic N) is 2. The van der Waals surface area contributed by atoms with Gasteiger partial charge in [0.25, 0.3) is 5.56 Å². The van der Waals surface area contributed by atoms with Gasteiger partial charge in [-0.3, -0.25) is 4.79 Å². The highest BCUT2D eigenvalue weighted by Crippen LogP contribution is 2.12. The second-order valence-corrected chi connectivity index (χ2v) is 6.04. The van der Waals surface area contributed by atoms with Crippen molar-refractivity contribution in [3.63, 3.8) is 0 Å². The first-order chi connectivity index (χ1) is 9.38. The number of hydrogen-bond acceptors (Lipinski definition) is 3. The maximum absolute atomic E-state index is 12.3. The maximum atomic E-state index is 12.3. The molecular formula is C15H18ClN3O. The second-order valence-electron chi connectivity index (χ2n) is 5.60. The highest BCUT2D eigenvalue weighted by molar-refractivity contribution is 6.30. The molecule has 2 rings (SSSR count). The third-order valence-corrected chi connectivity index (χ3v) is 3.19. The zero-order valence-electron chi connectivity index (χ0n) is 11.9. The fraction of sp³-hybridized carbons (Fsp3) is 0.333. The van der Waals surface area contributed by atoms with Gasteiger partial charge in [-0.2, -0.15) is 0 Å². The Morgan fingerprint density at radius 1 is 1.25 bits per heavy atom. The Kier molecular flexibility index (Phi) is 4.14. The summed E-state index contributed by atoms with van der Waals surface area (Å²) < 4.78 is 1.67. The lowest BCUT2D eigenvalue weighted by Gasteiger charge is -2.22. The topological polar surface area (TPSA) is 46.9 Å². The molecule has 1 N–H and O–H groups in total. The largest absolute Gasteiger partial charge is 0.361 e. The lowest BCUT2D eigenvalue weighted by molar-refractivity contribution is 0.383. The number of nitrogens with one attached hydrogen (secondary N) is 1. The van der Waals surface area contributed by atoms with E-state index in [-0.39, 0.29) is 11.1 Å². The molecule has 0 amide bonds. The summed E-state index contributed by atoms with van der Waals surface area (Å²) in [6.07, 6.45) is 3.34. The highest BCUT2D eigenvalue weighted by Gasteiger charge is 2.16. The summed E-state index contributed by atoms with van der Waals surface area (Å²) in [6.45, 7) is 6.49. The summed E-state index contributed by atoms with van der Waals surface area (Å²) in [6, 6.07) is 7.48. The summed E-state index contributed by atoms with van der Waals surface area (Å²) in [7, 11) is 0. The average Bonchev–Trinajstić information content (AvgIpc) is 2.38. The number of aromatic nitrogens is 2. The number of anilines is 1. The van der Waals surface area contributed by atoms with Gasteiger partial charge < -0.3 is 9.88 Å². The van der Waals surface area contributed by atoms with Crippen molar-refractivity contribution in [3.8, 4) is 0 Å². The third-order valence-electron chi connectivity index (χ3n) is 2.94. The fourth-order valence-electron chi connectivity index (χ4n) is 1.85. The molecule has 0 radical (unpaired) electrons. The summed E-state index contributed by atoms with van der Waals surface area (Å²) in [5, 5.41) is 3.77. The van der Waals surface area contributed by atoms with Crippen molar-refractivity contribution in [2.45, 2.75) is 32.9 Å². The summed E-state index contributed by atoms with van der Waals surface area (Å²) in [4.78, 5) is 16.4. The Bertz CT molecular complexity index is 641. The zero-order valence-corrected chi connectivity index (χ0v) is 12.6. The molecule has 0 fully saturated rings. The first-order valence-electron chi connectivity index (χ1n) is 6.44. The van der Waals surface area contributed by atoms with E-state index in [1.54, 1.807) is 17.0 Å². The summed E-state index contributed by atoms with van der Waals surface area (Å²) in [5.41, 5.74) is 0.659. The van der Waals surface area contributed by atoms with E-state index in [1.807, 2.05) is 45.0 Å². The molecule has 0 spiro atoms. The van der Waals surface area contributed by atoms with Crippen molar-refractivity contribution in [2.24, 2.45) is 0 Å². The molecule has 4 nitrogen and oxygen atoms in total. The monoisotopic (exact) mass is 291 g/mol. The van der Waals surface area contributed by atoms with E-state index in [0.717, 1.165) is 5.56 Å². The molecule has 0 bridgehead atoms. The van der Waals surface area contributed by atoms with E-state index in [9.17, 15) is 4.79 Å². The van der Waals surface area contributed by atoms with Gasteiger partial charge in [0.1, 0.15) is 0 Å². The van der Waals surface area contributed by atoms with Crippen LogP contribution < -0.4 is 10.9 Å². The van der Waals surface area contributed by atoms with Gasteiger partial charge in [-0.25, -0.2) is 4.98 Å². The molecule has 1 aromatic heterocycles. The predicted octanol–water partition coefficient (Wildman–Crippen LogP) is 3.26. The van der Waals surface area contributed by atoms with Crippen LogP contribution in [-0.4, -0.2) is 9.55 Å². The molecule has 1 heterocycles. The minimum atomic E-state index is -0.267. The van der Waals surface area contributed by atoms with Gasteiger partial charge in [-0.05, 0) is 38.5 Å². The van der Waals surface area contributed by atoms with Crippen molar-refractivity contribution in [2.75, 3.05) is 5.32 Å². The molecule has 1 aromatic carbocycles. The van der Waals surface area contributed by atoms with E-state index >= 15 is 0 Å². The Balaban J connectivity index is 2.18. The van der Waals surface area contributed by atoms with Gasteiger partial charge in [0.15, 0.2) is 5.82 Å². The van der Waals surface area contributed by atoms with Crippen LogP contribution in [0.4, 0.5) is 5.82 Å². The van der Waals surface area contributed by atoms with E-state index in [4.69, 9.17) is 11.6 Å². The van der Waals surface area contributed by atoms with Gasteiger partial charge in [0.2, 0.25) is 0 Å². The fourth-order valence-corrected chi connectivity index (χ4v) is 1.98. The predicted molar refractivity (Wildman–Crippen MR) is 82.3 cm³/mol. The van der Waals surface area contributed by atoms with Crippen LogP contribution in [0.3, 0.4) is 0 Å². The molecule has 0 atom stereocenters. The van der Waals surface area contributed by atoms with Crippen LogP contribution >= 0.6 is 11.6 Å². The molecular weight excluding hydrogens is 274 g/mol. The molecule has 0 aliphatic rings. The van der Waals surface area contributed by atoms with Gasteiger partial charge in [-0.15, -0.1) is 0 Å². The summed E-state index contributed by atoms with van der Waals surface area (Å²) in [5.74, 6) is 0.359. The van der Waals surface area contributed by atoms with Gasteiger partial charge in [0, 0.05) is 29.5 Å². The first kappa shape index (κ1) is 14.6. The van der Waals surface area contributed by atoms with Gasteiger partial charge in [0.05, 0.1) is 0 Å². The molecule has 2 aromatic rings. The second kappa shape index (κ2) is 5.67. The van der Waals surface area contributed by atoms with E-state index < -0.39 is 0 Å². The lowest BCUT2D eigenvalue weighted by atomic mass is 10.1. The van der Waals surface area contributed by atoms with Crippen LogP contribution in [0.1, 0.15) is 26.3 Å². The first-order valence-corrected chi connectivity index (χ1v) is 6.82. The minimum Gasteiger partial charge on any atom is -0.361 e. The van der Waals surface area contributed by atoms with E-state index in [2.05, 4.69) is 10.3 Å². The third kappa shape index (κ3) is 3.39. The molecule has 0 aliphatic heterocycles. The molecule has 106 valence electrons. The zero-order chi connectivity index (χ0) is 14.8. The normalized spacial score (nSPS) is 11.4. The van der Waals surface area contributed by atoms with E-state index in [1.165, 1.54) is 0 Å². The minimum absolute atomic E-state index is 0.117. The smallest absolute Gasteiger partial charge is 0.293 e. The molecule has 0 aliphatic carbocycles. The number of halogens is 1.